The van der Waals surface area contributed by atoms with E-state index in [1.165, 1.54) is 0 Å². The van der Waals surface area contributed by atoms with Crippen LogP contribution in [-0.2, 0) is 11.2 Å². The van der Waals surface area contributed by atoms with Crippen LogP contribution in [0.4, 0.5) is 0 Å². The van der Waals surface area contributed by atoms with Crippen molar-refractivity contribution in [3.8, 4) is 11.5 Å². The van der Waals surface area contributed by atoms with E-state index in [4.69, 9.17) is 10.2 Å². The molecule has 0 radical (unpaired) electrons. The number of carbonyl (C=O) groups is 1. The third-order valence-corrected chi connectivity index (χ3v) is 4.38. The van der Waals surface area contributed by atoms with E-state index >= 15 is 0 Å². The van der Waals surface area contributed by atoms with Crippen molar-refractivity contribution in [3.63, 3.8) is 0 Å². The average molecular weight is 313 g/mol. The lowest BCUT2D eigenvalue weighted by Gasteiger charge is -2.26. The Morgan fingerprint density at radius 3 is 2.65 bits per heavy atom. The van der Waals surface area contributed by atoms with Crippen LogP contribution < -0.4 is 11.1 Å². The lowest BCUT2D eigenvalue weighted by atomic mass is 9.92. The molecule has 1 amide bonds. The SMILES string of the molecule is Cc1oc(-c2ccccc2)nc1CC(=O)NC1CCC(N)CC1. The smallest absolute Gasteiger partial charge is 0.226 e. The van der Waals surface area contributed by atoms with Gasteiger partial charge in [-0.05, 0) is 44.7 Å². The first-order chi connectivity index (χ1) is 11.1. The number of nitrogens with zero attached hydrogens (tertiary/aromatic N) is 1. The minimum Gasteiger partial charge on any atom is -0.441 e. The largest absolute Gasteiger partial charge is 0.441 e. The zero-order valence-electron chi connectivity index (χ0n) is 13.4. The number of oxazole rings is 1. The minimum atomic E-state index is 0.00137. The van der Waals surface area contributed by atoms with Crippen molar-refractivity contribution in [1.82, 2.24) is 10.3 Å². The maximum absolute atomic E-state index is 12.2. The van der Waals surface area contributed by atoms with Crippen LogP contribution in [-0.4, -0.2) is 23.0 Å². The summed E-state index contributed by atoms with van der Waals surface area (Å²) in [7, 11) is 0. The Bertz CT molecular complexity index is 658. The summed E-state index contributed by atoms with van der Waals surface area (Å²) in [5.41, 5.74) is 7.52. The highest BCUT2D eigenvalue weighted by Crippen LogP contribution is 2.22. The predicted octanol–water partition coefficient (Wildman–Crippen LogP) is 2.58. The van der Waals surface area contributed by atoms with Gasteiger partial charge in [-0.1, -0.05) is 18.2 Å². The van der Waals surface area contributed by atoms with Crippen LogP contribution in [0.5, 0.6) is 0 Å². The number of hydrogen-bond acceptors (Lipinski definition) is 4. The van der Waals surface area contributed by atoms with Gasteiger partial charge in [0.2, 0.25) is 11.8 Å². The molecule has 0 saturated heterocycles. The number of carbonyl (C=O) groups excluding carboxylic acids is 1. The maximum Gasteiger partial charge on any atom is 0.226 e. The number of nitrogens with two attached hydrogens (primary N) is 1. The second-order valence-corrected chi connectivity index (χ2v) is 6.24. The zero-order valence-corrected chi connectivity index (χ0v) is 13.4. The van der Waals surface area contributed by atoms with E-state index in [1.807, 2.05) is 37.3 Å². The first kappa shape index (κ1) is 15.7. The fourth-order valence-electron chi connectivity index (χ4n) is 2.99. The van der Waals surface area contributed by atoms with E-state index in [9.17, 15) is 4.79 Å². The maximum atomic E-state index is 12.2. The van der Waals surface area contributed by atoms with E-state index in [2.05, 4.69) is 10.3 Å². The van der Waals surface area contributed by atoms with E-state index in [0.717, 1.165) is 31.2 Å². The van der Waals surface area contributed by atoms with Crippen molar-refractivity contribution in [2.75, 3.05) is 0 Å². The lowest BCUT2D eigenvalue weighted by molar-refractivity contribution is -0.121. The van der Waals surface area contributed by atoms with E-state index in [0.29, 0.717) is 17.3 Å². The fourth-order valence-corrected chi connectivity index (χ4v) is 2.99. The molecule has 3 rings (SSSR count). The fraction of sp³-hybridized carbons (Fsp3) is 0.444. The molecule has 0 aliphatic heterocycles. The van der Waals surface area contributed by atoms with Crippen molar-refractivity contribution in [3.05, 3.63) is 41.8 Å². The molecule has 1 saturated carbocycles. The van der Waals surface area contributed by atoms with Crippen molar-refractivity contribution in [2.45, 2.75) is 51.1 Å². The molecule has 1 aromatic heterocycles. The summed E-state index contributed by atoms with van der Waals surface area (Å²) in [5, 5.41) is 3.09. The number of rotatable bonds is 4. The number of aryl methyl sites for hydroxylation is 1. The van der Waals surface area contributed by atoms with Crippen molar-refractivity contribution in [2.24, 2.45) is 5.73 Å². The molecule has 0 atom stereocenters. The molecule has 1 aromatic carbocycles. The van der Waals surface area contributed by atoms with Gasteiger partial charge in [0.25, 0.3) is 0 Å². The first-order valence-electron chi connectivity index (χ1n) is 8.18. The van der Waals surface area contributed by atoms with Crippen LogP contribution in [0.2, 0.25) is 0 Å². The lowest BCUT2D eigenvalue weighted by Crippen LogP contribution is -2.41. The summed E-state index contributed by atoms with van der Waals surface area (Å²) in [4.78, 5) is 16.7. The van der Waals surface area contributed by atoms with E-state index < -0.39 is 0 Å². The molecule has 1 fully saturated rings. The molecular weight excluding hydrogens is 290 g/mol. The van der Waals surface area contributed by atoms with Gasteiger partial charge in [-0.25, -0.2) is 4.98 Å². The van der Waals surface area contributed by atoms with Gasteiger partial charge in [0.1, 0.15) is 5.76 Å². The van der Waals surface area contributed by atoms with Gasteiger partial charge in [-0.3, -0.25) is 4.79 Å². The Balaban J connectivity index is 1.61. The van der Waals surface area contributed by atoms with Crippen LogP contribution >= 0.6 is 0 Å². The number of benzene rings is 1. The molecule has 1 aliphatic rings. The number of nitrogens with one attached hydrogen (secondary N) is 1. The van der Waals surface area contributed by atoms with Gasteiger partial charge in [-0.15, -0.1) is 0 Å². The van der Waals surface area contributed by atoms with E-state index in [-0.39, 0.29) is 24.4 Å². The van der Waals surface area contributed by atoms with Crippen LogP contribution in [0.25, 0.3) is 11.5 Å². The highest BCUT2D eigenvalue weighted by Gasteiger charge is 2.21. The van der Waals surface area contributed by atoms with Crippen molar-refractivity contribution < 1.29 is 9.21 Å². The summed E-state index contributed by atoms with van der Waals surface area (Å²) in [6.45, 7) is 1.85. The summed E-state index contributed by atoms with van der Waals surface area (Å²) in [6.07, 6.45) is 4.13. The van der Waals surface area contributed by atoms with Crippen molar-refractivity contribution in [1.29, 1.82) is 0 Å². The molecule has 5 heteroatoms. The highest BCUT2D eigenvalue weighted by molar-refractivity contribution is 5.78. The molecule has 122 valence electrons. The predicted molar refractivity (Wildman–Crippen MR) is 88.8 cm³/mol. The van der Waals surface area contributed by atoms with Crippen LogP contribution in [0.15, 0.2) is 34.7 Å². The Morgan fingerprint density at radius 1 is 1.26 bits per heavy atom. The summed E-state index contributed by atoms with van der Waals surface area (Å²) < 4.78 is 5.70. The molecule has 23 heavy (non-hydrogen) atoms. The standard InChI is InChI=1S/C18H23N3O2/c1-12-16(21-18(23-12)13-5-3-2-4-6-13)11-17(22)20-15-9-7-14(19)8-10-15/h2-6,14-15H,7-11,19H2,1H3,(H,20,22). The molecule has 1 aliphatic carbocycles. The third-order valence-electron chi connectivity index (χ3n) is 4.38. The second kappa shape index (κ2) is 6.96. The van der Waals surface area contributed by atoms with E-state index in [1.54, 1.807) is 0 Å². The zero-order chi connectivity index (χ0) is 16.2. The molecule has 2 aromatic rings. The van der Waals surface area contributed by atoms with Gasteiger partial charge in [0.15, 0.2) is 0 Å². The Labute approximate surface area is 136 Å². The van der Waals surface area contributed by atoms with Gasteiger partial charge < -0.3 is 15.5 Å². The van der Waals surface area contributed by atoms with Crippen LogP contribution in [0.3, 0.4) is 0 Å². The van der Waals surface area contributed by atoms with Crippen LogP contribution in [0, 0.1) is 6.92 Å². The van der Waals surface area contributed by atoms with Gasteiger partial charge in [0.05, 0.1) is 12.1 Å². The molecule has 0 unspecified atom stereocenters. The summed E-state index contributed by atoms with van der Waals surface area (Å²) in [6, 6.07) is 10.2. The molecular formula is C18H23N3O2. The van der Waals surface area contributed by atoms with Crippen LogP contribution in [0.1, 0.15) is 37.1 Å². The quantitative estimate of drug-likeness (QED) is 0.909. The molecule has 0 spiro atoms. The minimum absolute atomic E-state index is 0.00137. The summed E-state index contributed by atoms with van der Waals surface area (Å²) in [5.74, 6) is 1.26. The normalized spacial score (nSPS) is 21.1. The number of hydrogen-bond donors (Lipinski definition) is 2. The Kier molecular flexibility index (Phi) is 4.76. The number of amides is 1. The number of aromatic nitrogens is 1. The first-order valence-corrected chi connectivity index (χ1v) is 8.18. The molecule has 1 heterocycles. The molecule has 5 nitrogen and oxygen atoms in total. The highest BCUT2D eigenvalue weighted by atomic mass is 16.4. The monoisotopic (exact) mass is 313 g/mol. The second-order valence-electron chi connectivity index (χ2n) is 6.24. The molecule has 0 bridgehead atoms. The van der Waals surface area contributed by atoms with Gasteiger partial charge in [0, 0.05) is 17.6 Å². The average Bonchev–Trinajstić information content (AvgIpc) is 2.91. The Hall–Kier alpha value is -2.14. The Morgan fingerprint density at radius 2 is 1.96 bits per heavy atom. The van der Waals surface area contributed by atoms with Crippen molar-refractivity contribution >= 4 is 5.91 Å². The molecule has 3 N–H and O–H groups in total. The third kappa shape index (κ3) is 3.99. The van der Waals surface area contributed by atoms with Gasteiger partial charge in [-0.2, -0.15) is 0 Å². The topological polar surface area (TPSA) is 81.2 Å². The summed E-state index contributed by atoms with van der Waals surface area (Å²) >= 11 is 0. The van der Waals surface area contributed by atoms with Gasteiger partial charge >= 0.3 is 0 Å².